The molecule has 0 unspecified atom stereocenters. The van der Waals surface area contributed by atoms with Crippen molar-refractivity contribution in [1.82, 2.24) is 0 Å². The van der Waals surface area contributed by atoms with Crippen LogP contribution in [0.15, 0.2) is 12.7 Å². The van der Waals surface area contributed by atoms with Crippen LogP contribution in [-0.2, 0) is 14.2 Å². The number of aliphatic hydroxyl groups excluding tert-OH is 3. The van der Waals surface area contributed by atoms with Crippen molar-refractivity contribution in [3.63, 3.8) is 0 Å². The fraction of sp³-hybridized carbons (Fsp3) is 0.818. The van der Waals surface area contributed by atoms with E-state index < -0.39 is 24.4 Å². The molecule has 0 spiro atoms. The minimum Gasteiger partial charge on any atom is -0.394 e. The lowest BCUT2D eigenvalue weighted by atomic mass is 10.1. The summed E-state index contributed by atoms with van der Waals surface area (Å²) in [5.74, 6) is 0. The van der Waals surface area contributed by atoms with E-state index in [1.54, 1.807) is 6.08 Å². The quantitative estimate of drug-likeness (QED) is 0.365. The second kappa shape index (κ2) is 7.75. The number of hydrogen-bond acceptors (Lipinski definition) is 6. The predicted octanol–water partition coefficient (Wildman–Crippen LogP) is -1.31. The van der Waals surface area contributed by atoms with Gasteiger partial charge in [0.05, 0.1) is 33.0 Å². The van der Waals surface area contributed by atoms with Crippen molar-refractivity contribution < 1.29 is 29.5 Å². The molecule has 0 aromatic carbocycles. The maximum Gasteiger partial charge on any atom is 0.114 e. The molecule has 100 valence electrons. The Morgan fingerprint density at radius 2 is 2.18 bits per heavy atom. The van der Waals surface area contributed by atoms with Gasteiger partial charge in [0.15, 0.2) is 0 Å². The van der Waals surface area contributed by atoms with Gasteiger partial charge in [-0.15, -0.1) is 6.58 Å². The van der Waals surface area contributed by atoms with E-state index in [-0.39, 0.29) is 19.8 Å². The number of ether oxygens (including phenoxy) is 3. The van der Waals surface area contributed by atoms with E-state index in [0.717, 1.165) is 0 Å². The molecule has 0 bridgehead atoms. The zero-order chi connectivity index (χ0) is 12.7. The molecule has 1 saturated heterocycles. The third-order valence-corrected chi connectivity index (χ3v) is 2.53. The summed E-state index contributed by atoms with van der Waals surface area (Å²) >= 11 is 0. The lowest BCUT2D eigenvalue weighted by Gasteiger charge is -2.24. The summed E-state index contributed by atoms with van der Waals surface area (Å²) in [5, 5.41) is 28.0. The van der Waals surface area contributed by atoms with Gasteiger partial charge in [0.1, 0.15) is 24.4 Å². The molecule has 17 heavy (non-hydrogen) atoms. The van der Waals surface area contributed by atoms with Crippen LogP contribution in [0.1, 0.15) is 0 Å². The Bertz CT molecular complexity index is 222. The van der Waals surface area contributed by atoms with Gasteiger partial charge in [0.2, 0.25) is 0 Å². The first-order valence-electron chi connectivity index (χ1n) is 5.59. The molecule has 1 aliphatic rings. The van der Waals surface area contributed by atoms with Crippen molar-refractivity contribution in [2.24, 2.45) is 0 Å². The second-order valence-corrected chi connectivity index (χ2v) is 3.81. The molecule has 1 fully saturated rings. The summed E-state index contributed by atoms with van der Waals surface area (Å²) < 4.78 is 15.6. The number of aliphatic hydroxyl groups is 3. The van der Waals surface area contributed by atoms with E-state index in [2.05, 4.69) is 6.58 Å². The smallest absolute Gasteiger partial charge is 0.114 e. The van der Waals surface area contributed by atoms with E-state index in [4.69, 9.17) is 19.3 Å². The first-order chi connectivity index (χ1) is 8.20. The van der Waals surface area contributed by atoms with Gasteiger partial charge in [-0.3, -0.25) is 0 Å². The summed E-state index contributed by atoms with van der Waals surface area (Å²) in [6.07, 6.45) is -1.68. The largest absolute Gasteiger partial charge is 0.394 e. The molecule has 0 aromatic heterocycles. The van der Waals surface area contributed by atoms with Gasteiger partial charge < -0.3 is 29.5 Å². The molecule has 4 atom stereocenters. The van der Waals surface area contributed by atoms with Gasteiger partial charge in [-0.05, 0) is 0 Å². The van der Waals surface area contributed by atoms with Gasteiger partial charge in [0, 0.05) is 0 Å². The molecule has 6 heteroatoms. The molecule has 0 aliphatic carbocycles. The number of rotatable bonds is 8. The standard InChI is InChI=1S/C11H20O6/c1-2-3-15-4-5-16-9(6-12)11-10(14)8(13)7-17-11/h2,8-14H,1,3-7H2/t8-,9+,10+,11+/m0/s1. The Kier molecular flexibility index (Phi) is 6.64. The van der Waals surface area contributed by atoms with Crippen molar-refractivity contribution in [2.75, 3.05) is 33.0 Å². The molecule has 0 amide bonds. The molecule has 1 heterocycles. The van der Waals surface area contributed by atoms with Crippen molar-refractivity contribution in [3.8, 4) is 0 Å². The highest BCUT2D eigenvalue weighted by Gasteiger charge is 2.40. The monoisotopic (exact) mass is 248 g/mol. The molecule has 0 saturated carbocycles. The van der Waals surface area contributed by atoms with Crippen LogP contribution in [0.4, 0.5) is 0 Å². The van der Waals surface area contributed by atoms with E-state index in [9.17, 15) is 10.2 Å². The third kappa shape index (κ3) is 4.34. The van der Waals surface area contributed by atoms with E-state index in [1.807, 2.05) is 0 Å². The van der Waals surface area contributed by atoms with Crippen molar-refractivity contribution in [3.05, 3.63) is 12.7 Å². The normalized spacial score (nSPS) is 30.4. The highest BCUT2D eigenvalue weighted by molar-refractivity contribution is 4.88. The minimum absolute atomic E-state index is 0.0542. The SMILES string of the molecule is C=CCOCCO[C@H](CO)[C@H]1OC[C@H](O)[C@H]1O. The Hall–Kier alpha value is -0.500. The highest BCUT2D eigenvalue weighted by Crippen LogP contribution is 2.19. The molecular formula is C11H20O6. The molecule has 0 radical (unpaired) electrons. The van der Waals surface area contributed by atoms with Gasteiger partial charge in [-0.1, -0.05) is 6.08 Å². The molecule has 0 aromatic rings. The predicted molar refractivity (Wildman–Crippen MR) is 59.6 cm³/mol. The molecule has 1 rings (SSSR count). The summed E-state index contributed by atoms with van der Waals surface area (Å²) in [6, 6.07) is 0. The molecule has 1 aliphatic heterocycles. The van der Waals surface area contributed by atoms with Crippen LogP contribution in [0.3, 0.4) is 0 Å². The Labute approximate surface area is 100 Å². The molecular weight excluding hydrogens is 228 g/mol. The van der Waals surface area contributed by atoms with Gasteiger partial charge >= 0.3 is 0 Å². The fourth-order valence-electron chi connectivity index (χ4n) is 1.63. The average molecular weight is 248 g/mol. The fourth-order valence-corrected chi connectivity index (χ4v) is 1.63. The van der Waals surface area contributed by atoms with Crippen molar-refractivity contribution in [2.45, 2.75) is 24.4 Å². The minimum atomic E-state index is -1.03. The summed E-state index contributed by atoms with van der Waals surface area (Å²) in [5.41, 5.74) is 0. The van der Waals surface area contributed by atoms with Crippen molar-refractivity contribution in [1.29, 1.82) is 0 Å². The van der Waals surface area contributed by atoms with Gasteiger partial charge in [-0.25, -0.2) is 0 Å². The average Bonchev–Trinajstić information content (AvgIpc) is 2.66. The van der Waals surface area contributed by atoms with E-state index in [1.165, 1.54) is 0 Å². The second-order valence-electron chi connectivity index (χ2n) is 3.81. The maximum atomic E-state index is 9.59. The highest BCUT2D eigenvalue weighted by atomic mass is 16.6. The Balaban J connectivity index is 2.26. The maximum absolute atomic E-state index is 9.59. The zero-order valence-corrected chi connectivity index (χ0v) is 9.70. The third-order valence-electron chi connectivity index (χ3n) is 2.53. The van der Waals surface area contributed by atoms with Gasteiger partial charge in [-0.2, -0.15) is 0 Å². The van der Waals surface area contributed by atoms with Gasteiger partial charge in [0.25, 0.3) is 0 Å². The van der Waals surface area contributed by atoms with Crippen LogP contribution < -0.4 is 0 Å². The zero-order valence-electron chi connectivity index (χ0n) is 9.70. The Morgan fingerprint density at radius 1 is 1.41 bits per heavy atom. The van der Waals surface area contributed by atoms with Crippen LogP contribution in [0.25, 0.3) is 0 Å². The van der Waals surface area contributed by atoms with Crippen LogP contribution in [0, 0.1) is 0 Å². The first-order valence-corrected chi connectivity index (χ1v) is 5.59. The summed E-state index contributed by atoms with van der Waals surface area (Å²) in [4.78, 5) is 0. The first kappa shape index (κ1) is 14.6. The van der Waals surface area contributed by atoms with Crippen molar-refractivity contribution >= 4 is 0 Å². The lowest BCUT2D eigenvalue weighted by molar-refractivity contribution is -0.108. The topological polar surface area (TPSA) is 88.4 Å². The molecule has 6 nitrogen and oxygen atoms in total. The van der Waals surface area contributed by atoms with Crippen LogP contribution in [-0.4, -0.2) is 72.8 Å². The summed E-state index contributed by atoms with van der Waals surface area (Å²) in [6.45, 7) is 4.36. The van der Waals surface area contributed by atoms with E-state index >= 15 is 0 Å². The molecule has 3 N–H and O–H groups in total. The van der Waals surface area contributed by atoms with Crippen LogP contribution in [0.5, 0.6) is 0 Å². The lowest BCUT2D eigenvalue weighted by Crippen LogP contribution is -2.42. The van der Waals surface area contributed by atoms with Crippen LogP contribution in [0.2, 0.25) is 0 Å². The number of hydrogen-bond donors (Lipinski definition) is 3. The summed E-state index contributed by atoms with van der Waals surface area (Å²) in [7, 11) is 0. The Morgan fingerprint density at radius 3 is 2.71 bits per heavy atom. The van der Waals surface area contributed by atoms with E-state index in [0.29, 0.717) is 13.2 Å². The van der Waals surface area contributed by atoms with Crippen LogP contribution >= 0.6 is 0 Å².